The summed E-state index contributed by atoms with van der Waals surface area (Å²) in [6.45, 7) is 3.84. The SMILES string of the molecule is Cc1c(Cl)cc(Cl)cc1[C]c1cc(Cl)cc(Cl)c1C. The van der Waals surface area contributed by atoms with E-state index in [1.807, 2.05) is 26.0 Å². The predicted octanol–water partition coefficient (Wildman–Crippen LogP) is 6.39. The first-order valence-electron chi connectivity index (χ1n) is 5.57. The molecular formula is C15H10Cl4. The second kappa shape index (κ2) is 5.93. The molecule has 0 aromatic heterocycles. The van der Waals surface area contributed by atoms with Gasteiger partial charge in [0.1, 0.15) is 0 Å². The summed E-state index contributed by atoms with van der Waals surface area (Å²) in [6.07, 6.45) is 3.27. The van der Waals surface area contributed by atoms with Crippen molar-refractivity contribution in [1.82, 2.24) is 0 Å². The lowest BCUT2D eigenvalue weighted by Gasteiger charge is -2.11. The summed E-state index contributed by atoms with van der Waals surface area (Å²) in [5, 5.41) is 2.37. The van der Waals surface area contributed by atoms with Gasteiger partial charge in [-0.2, -0.15) is 0 Å². The van der Waals surface area contributed by atoms with Gasteiger partial charge < -0.3 is 0 Å². The molecule has 0 aliphatic rings. The fourth-order valence-corrected chi connectivity index (χ4v) is 2.68. The highest BCUT2D eigenvalue weighted by Gasteiger charge is 2.11. The summed E-state index contributed by atoms with van der Waals surface area (Å²) < 4.78 is 0. The average Bonchev–Trinajstić information content (AvgIpc) is 2.31. The van der Waals surface area contributed by atoms with Crippen LogP contribution in [0.15, 0.2) is 24.3 Å². The van der Waals surface area contributed by atoms with Crippen molar-refractivity contribution in [3.05, 3.63) is 73.0 Å². The summed E-state index contributed by atoms with van der Waals surface area (Å²) in [5.41, 5.74) is 3.50. The number of hydrogen-bond donors (Lipinski definition) is 0. The van der Waals surface area contributed by atoms with Gasteiger partial charge in [-0.25, -0.2) is 0 Å². The van der Waals surface area contributed by atoms with E-state index in [4.69, 9.17) is 46.4 Å². The fourth-order valence-electron chi connectivity index (χ4n) is 1.70. The van der Waals surface area contributed by atoms with Gasteiger partial charge in [0.05, 0.1) is 6.42 Å². The van der Waals surface area contributed by atoms with Crippen LogP contribution in [0.1, 0.15) is 22.3 Å². The molecule has 0 spiro atoms. The Morgan fingerprint density at radius 3 is 1.42 bits per heavy atom. The minimum Gasteiger partial charge on any atom is -0.0843 e. The molecule has 0 fully saturated rings. The largest absolute Gasteiger partial charge is 0.0843 e. The van der Waals surface area contributed by atoms with Crippen molar-refractivity contribution in [3.8, 4) is 0 Å². The van der Waals surface area contributed by atoms with E-state index in [9.17, 15) is 0 Å². The van der Waals surface area contributed by atoms with Crippen LogP contribution in [-0.2, 0) is 0 Å². The van der Waals surface area contributed by atoms with Crippen LogP contribution in [0, 0.1) is 20.3 Å². The molecule has 2 aromatic carbocycles. The fraction of sp³-hybridized carbons (Fsp3) is 0.133. The quantitative estimate of drug-likeness (QED) is 0.597. The third-order valence-corrected chi connectivity index (χ3v) is 4.11. The summed E-state index contributed by atoms with van der Waals surface area (Å²) in [7, 11) is 0. The van der Waals surface area contributed by atoms with E-state index >= 15 is 0 Å². The monoisotopic (exact) mass is 330 g/mol. The van der Waals surface area contributed by atoms with E-state index < -0.39 is 0 Å². The second-order valence-corrected chi connectivity index (χ2v) is 5.93. The van der Waals surface area contributed by atoms with Gasteiger partial charge in [-0.05, 0) is 60.4 Å². The van der Waals surface area contributed by atoms with E-state index in [1.54, 1.807) is 12.1 Å². The summed E-state index contributed by atoms with van der Waals surface area (Å²) >= 11 is 24.3. The lowest BCUT2D eigenvalue weighted by molar-refractivity contribution is 1.30. The molecule has 98 valence electrons. The average molecular weight is 332 g/mol. The normalized spacial score (nSPS) is 10.8. The summed E-state index contributed by atoms with van der Waals surface area (Å²) in [6, 6.07) is 7.05. The minimum atomic E-state index is 0.573. The highest BCUT2D eigenvalue weighted by Crippen LogP contribution is 2.31. The van der Waals surface area contributed by atoms with Gasteiger partial charge in [-0.1, -0.05) is 46.4 Å². The molecule has 2 rings (SSSR count). The maximum Gasteiger partial charge on any atom is 0.0509 e. The van der Waals surface area contributed by atoms with Crippen molar-refractivity contribution in [1.29, 1.82) is 0 Å². The maximum atomic E-state index is 6.11. The smallest absolute Gasteiger partial charge is 0.0509 e. The third-order valence-electron chi connectivity index (χ3n) is 2.89. The zero-order valence-corrected chi connectivity index (χ0v) is 13.3. The highest BCUT2D eigenvalue weighted by molar-refractivity contribution is 6.36. The Kier molecular flexibility index (Phi) is 4.68. The maximum absolute atomic E-state index is 6.11. The van der Waals surface area contributed by atoms with Gasteiger partial charge in [0.15, 0.2) is 0 Å². The molecule has 2 radical (unpaired) electrons. The molecule has 0 nitrogen and oxygen atoms in total. The third kappa shape index (κ3) is 3.38. The van der Waals surface area contributed by atoms with Crippen molar-refractivity contribution in [2.75, 3.05) is 0 Å². The Hall–Kier alpha value is -0.400. The molecule has 19 heavy (non-hydrogen) atoms. The van der Waals surface area contributed by atoms with Crippen LogP contribution in [0.3, 0.4) is 0 Å². The van der Waals surface area contributed by atoms with Gasteiger partial charge in [0.25, 0.3) is 0 Å². The molecular weight excluding hydrogens is 322 g/mol. The van der Waals surface area contributed by atoms with Crippen LogP contribution in [0.2, 0.25) is 20.1 Å². The van der Waals surface area contributed by atoms with Crippen LogP contribution < -0.4 is 0 Å². The molecule has 4 heteroatoms. The van der Waals surface area contributed by atoms with Gasteiger partial charge in [0.2, 0.25) is 0 Å². The van der Waals surface area contributed by atoms with Crippen molar-refractivity contribution in [3.63, 3.8) is 0 Å². The topological polar surface area (TPSA) is 0 Å². The van der Waals surface area contributed by atoms with E-state index in [0.29, 0.717) is 20.1 Å². The van der Waals surface area contributed by atoms with Gasteiger partial charge in [0, 0.05) is 20.1 Å². The molecule has 0 unspecified atom stereocenters. The van der Waals surface area contributed by atoms with Crippen LogP contribution in [-0.4, -0.2) is 0 Å². The first-order valence-corrected chi connectivity index (χ1v) is 7.08. The summed E-state index contributed by atoms with van der Waals surface area (Å²) in [4.78, 5) is 0. The Bertz CT molecular complexity index is 577. The van der Waals surface area contributed by atoms with Crippen LogP contribution >= 0.6 is 46.4 Å². The number of halogens is 4. The number of hydrogen-bond acceptors (Lipinski definition) is 0. The molecule has 0 aliphatic carbocycles. The van der Waals surface area contributed by atoms with Crippen molar-refractivity contribution in [2.24, 2.45) is 0 Å². The van der Waals surface area contributed by atoms with Crippen molar-refractivity contribution in [2.45, 2.75) is 13.8 Å². The van der Waals surface area contributed by atoms with Gasteiger partial charge in [-0.15, -0.1) is 0 Å². The number of rotatable bonds is 2. The van der Waals surface area contributed by atoms with Gasteiger partial charge >= 0.3 is 0 Å². The molecule has 0 saturated carbocycles. The summed E-state index contributed by atoms with van der Waals surface area (Å²) in [5.74, 6) is 0. The van der Waals surface area contributed by atoms with Crippen LogP contribution in [0.5, 0.6) is 0 Å². The van der Waals surface area contributed by atoms with Crippen molar-refractivity contribution >= 4 is 46.4 Å². The zero-order chi connectivity index (χ0) is 14.2. The molecule has 0 N–H and O–H groups in total. The Morgan fingerprint density at radius 2 is 1.05 bits per heavy atom. The van der Waals surface area contributed by atoms with E-state index in [0.717, 1.165) is 22.3 Å². The molecule has 0 atom stereocenters. The molecule has 0 amide bonds. The van der Waals surface area contributed by atoms with E-state index in [1.165, 1.54) is 0 Å². The van der Waals surface area contributed by atoms with E-state index in [2.05, 4.69) is 6.42 Å². The molecule has 0 bridgehead atoms. The molecule has 0 aliphatic heterocycles. The molecule has 2 aromatic rings. The standard InChI is InChI=1S/C15H10Cl4/c1-8-10(4-12(16)6-14(8)18)3-11-5-13(17)7-15(19)9(11)2/h4-7H,1-2H3. The first-order chi connectivity index (χ1) is 8.88. The van der Waals surface area contributed by atoms with Crippen LogP contribution in [0.4, 0.5) is 0 Å². The van der Waals surface area contributed by atoms with E-state index in [-0.39, 0.29) is 0 Å². The molecule has 0 heterocycles. The Balaban J connectivity index is 2.47. The lowest BCUT2D eigenvalue weighted by atomic mass is 9.97. The lowest BCUT2D eigenvalue weighted by Crippen LogP contribution is -1.94. The zero-order valence-electron chi connectivity index (χ0n) is 10.3. The first kappa shape index (κ1) is 15.0. The Labute approximate surface area is 133 Å². The second-order valence-electron chi connectivity index (χ2n) is 4.25. The predicted molar refractivity (Wildman–Crippen MR) is 83.8 cm³/mol. The van der Waals surface area contributed by atoms with Crippen LogP contribution in [0.25, 0.3) is 0 Å². The number of benzene rings is 2. The molecule has 0 saturated heterocycles. The highest BCUT2D eigenvalue weighted by atomic mass is 35.5. The Morgan fingerprint density at radius 1 is 0.684 bits per heavy atom. The van der Waals surface area contributed by atoms with Gasteiger partial charge in [-0.3, -0.25) is 0 Å². The van der Waals surface area contributed by atoms with Crippen molar-refractivity contribution < 1.29 is 0 Å². The minimum absolute atomic E-state index is 0.573.